The van der Waals surface area contributed by atoms with Crippen LogP contribution in [-0.2, 0) is 13.1 Å². The maximum absolute atomic E-state index is 12.8. The number of nitrogens with zero attached hydrogens (tertiary/aromatic N) is 2. The molecule has 2 aromatic heterocycles. The summed E-state index contributed by atoms with van der Waals surface area (Å²) in [4.78, 5) is 38.5. The molecule has 3 N–H and O–H groups in total. The van der Waals surface area contributed by atoms with Crippen LogP contribution >= 0.6 is 11.3 Å². The molecular weight excluding hydrogens is 364 g/mol. The summed E-state index contributed by atoms with van der Waals surface area (Å²) in [7, 11) is 0. The SMILES string of the molecule is CCCn1c(N)c(NC(=O)c2cc3ccccc3s2)c(=O)n(CCC)c1=O. The number of carbonyl (C=O) groups is 1. The third kappa shape index (κ3) is 3.52. The van der Waals surface area contributed by atoms with Crippen molar-refractivity contribution in [2.45, 2.75) is 39.8 Å². The van der Waals surface area contributed by atoms with Crippen LogP contribution in [-0.4, -0.2) is 15.0 Å². The van der Waals surface area contributed by atoms with Crippen molar-refractivity contribution in [3.05, 3.63) is 56.0 Å². The molecule has 7 nitrogen and oxygen atoms in total. The second-order valence-electron chi connectivity index (χ2n) is 6.25. The average molecular weight is 386 g/mol. The van der Waals surface area contributed by atoms with Gasteiger partial charge in [0.2, 0.25) is 0 Å². The Bertz CT molecular complexity index is 1080. The summed E-state index contributed by atoms with van der Waals surface area (Å²) in [5.74, 6) is -0.418. The largest absolute Gasteiger partial charge is 0.383 e. The number of nitrogens with two attached hydrogens (primary N) is 1. The lowest BCUT2D eigenvalue weighted by Crippen LogP contribution is -2.42. The molecule has 0 radical (unpaired) electrons. The molecule has 1 amide bonds. The van der Waals surface area contributed by atoms with Gasteiger partial charge in [0, 0.05) is 17.8 Å². The molecule has 0 spiro atoms. The van der Waals surface area contributed by atoms with E-state index in [1.807, 2.05) is 38.1 Å². The van der Waals surface area contributed by atoms with E-state index >= 15 is 0 Å². The van der Waals surface area contributed by atoms with E-state index in [2.05, 4.69) is 5.32 Å². The summed E-state index contributed by atoms with van der Waals surface area (Å²) in [6.07, 6.45) is 1.30. The van der Waals surface area contributed by atoms with Gasteiger partial charge >= 0.3 is 5.69 Å². The molecule has 3 rings (SSSR count). The van der Waals surface area contributed by atoms with Gasteiger partial charge in [-0.25, -0.2) is 4.79 Å². The first kappa shape index (κ1) is 18.9. The molecule has 0 bridgehead atoms. The first-order chi connectivity index (χ1) is 13.0. The summed E-state index contributed by atoms with van der Waals surface area (Å²) in [5.41, 5.74) is 5.02. The molecule has 0 atom stereocenters. The van der Waals surface area contributed by atoms with Gasteiger partial charge in [-0.3, -0.25) is 18.7 Å². The van der Waals surface area contributed by atoms with Crippen molar-refractivity contribution in [2.75, 3.05) is 11.1 Å². The minimum absolute atomic E-state index is 0.00587. The predicted octanol–water partition coefficient (Wildman–Crippen LogP) is 2.88. The number of aromatic nitrogens is 2. The van der Waals surface area contributed by atoms with Crippen LogP contribution in [0.1, 0.15) is 36.4 Å². The Morgan fingerprint density at radius 2 is 1.78 bits per heavy atom. The zero-order valence-corrected chi connectivity index (χ0v) is 16.1. The Balaban J connectivity index is 2.06. The molecule has 1 aromatic carbocycles. The number of anilines is 2. The van der Waals surface area contributed by atoms with Gasteiger partial charge in [0.25, 0.3) is 11.5 Å². The van der Waals surface area contributed by atoms with Crippen molar-refractivity contribution in [3.63, 3.8) is 0 Å². The molecule has 3 aromatic rings. The van der Waals surface area contributed by atoms with E-state index in [1.165, 1.54) is 15.9 Å². The lowest BCUT2D eigenvalue weighted by atomic mass is 10.2. The highest BCUT2D eigenvalue weighted by Crippen LogP contribution is 2.26. The average Bonchev–Trinajstić information content (AvgIpc) is 3.10. The van der Waals surface area contributed by atoms with Gasteiger partial charge in [-0.15, -0.1) is 11.3 Å². The first-order valence-electron chi connectivity index (χ1n) is 8.91. The molecule has 0 aliphatic heterocycles. The van der Waals surface area contributed by atoms with Crippen LogP contribution in [0.2, 0.25) is 0 Å². The van der Waals surface area contributed by atoms with Gasteiger partial charge in [-0.05, 0) is 30.4 Å². The summed E-state index contributed by atoms with van der Waals surface area (Å²) >= 11 is 1.34. The van der Waals surface area contributed by atoms with E-state index in [-0.39, 0.29) is 18.1 Å². The molecule has 0 saturated heterocycles. The second kappa shape index (κ2) is 7.79. The van der Waals surface area contributed by atoms with Gasteiger partial charge in [-0.1, -0.05) is 32.0 Å². The first-order valence-corrected chi connectivity index (χ1v) is 9.72. The molecule has 0 aliphatic rings. The fourth-order valence-electron chi connectivity index (χ4n) is 2.96. The highest BCUT2D eigenvalue weighted by molar-refractivity contribution is 7.20. The summed E-state index contributed by atoms with van der Waals surface area (Å²) in [6.45, 7) is 4.44. The van der Waals surface area contributed by atoms with Crippen LogP contribution in [0.15, 0.2) is 39.9 Å². The third-order valence-corrected chi connectivity index (χ3v) is 5.36. The molecule has 2 heterocycles. The fraction of sp³-hybridized carbons (Fsp3) is 0.316. The zero-order chi connectivity index (χ0) is 19.6. The van der Waals surface area contributed by atoms with Gasteiger partial charge in [0.05, 0.1) is 4.88 Å². The summed E-state index contributed by atoms with van der Waals surface area (Å²) < 4.78 is 3.46. The highest BCUT2D eigenvalue weighted by atomic mass is 32.1. The number of hydrogen-bond donors (Lipinski definition) is 2. The predicted molar refractivity (Wildman–Crippen MR) is 110 cm³/mol. The van der Waals surface area contributed by atoms with E-state index in [0.29, 0.717) is 24.3 Å². The van der Waals surface area contributed by atoms with Crippen LogP contribution in [0.3, 0.4) is 0 Å². The Morgan fingerprint density at radius 1 is 1.11 bits per heavy atom. The normalized spacial score (nSPS) is 11.0. The number of thiophene rings is 1. The van der Waals surface area contributed by atoms with Crippen molar-refractivity contribution in [2.24, 2.45) is 0 Å². The summed E-state index contributed by atoms with van der Waals surface area (Å²) in [6, 6.07) is 9.44. The number of amides is 1. The monoisotopic (exact) mass is 386 g/mol. The number of benzene rings is 1. The molecule has 0 fully saturated rings. The molecule has 0 saturated carbocycles. The number of hydrogen-bond acceptors (Lipinski definition) is 5. The Morgan fingerprint density at radius 3 is 2.44 bits per heavy atom. The smallest absolute Gasteiger partial charge is 0.332 e. The van der Waals surface area contributed by atoms with E-state index < -0.39 is 17.2 Å². The number of rotatable bonds is 6. The standard InChI is InChI=1S/C19H22N4O3S/c1-3-9-22-16(20)15(18(25)23(10-4-2)19(22)26)21-17(24)14-11-12-7-5-6-8-13(12)27-14/h5-8,11H,3-4,9-10,20H2,1-2H3,(H,21,24). The number of fused-ring (bicyclic) bond motifs is 1. The van der Waals surface area contributed by atoms with Crippen LogP contribution in [0.5, 0.6) is 0 Å². The van der Waals surface area contributed by atoms with Crippen LogP contribution in [0, 0.1) is 0 Å². The lowest BCUT2D eigenvalue weighted by Gasteiger charge is -2.16. The molecular formula is C19H22N4O3S. The number of nitrogen functional groups attached to an aromatic ring is 1. The minimum Gasteiger partial charge on any atom is -0.383 e. The van der Waals surface area contributed by atoms with Crippen molar-refractivity contribution < 1.29 is 4.79 Å². The molecule has 27 heavy (non-hydrogen) atoms. The third-order valence-electron chi connectivity index (χ3n) is 4.25. The minimum atomic E-state index is -0.568. The Hall–Kier alpha value is -2.87. The van der Waals surface area contributed by atoms with E-state index in [4.69, 9.17) is 5.73 Å². The van der Waals surface area contributed by atoms with Gasteiger partial charge in [-0.2, -0.15) is 0 Å². The maximum Gasteiger partial charge on any atom is 0.332 e. The number of carbonyl (C=O) groups excluding carboxylic acids is 1. The lowest BCUT2D eigenvalue weighted by molar-refractivity contribution is 0.103. The van der Waals surface area contributed by atoms with Crippen molar-refractivity contribution in [1.29, 1.82) is 0 Å². The molecule has 0 aliphatic carbocycles. The molecule has 8 heteroatoms. The quantitative estimate of drug-likeness (QED) is 0.680. The fourth-order valence-corrected chi connectivity index (χ4v) is 3.92. The van der Waals surface area contributed by atoms with Crippen LogP contribution < -0.4 is 22.3 Å². The van der Waals surface area contributed by atoms with Crippen molar-refractivity contribution in [3.8, 4) is 0 Å². The van der Waals surface area contributed by atoms with E-state index in [9.17, 15) is 14.4 Å². The zero-order valence-electron chi connectivity index (χ0n) is 15.3. The van der Waals surface area contributed by atoms with Gasteiger partial charge in [0.15, 0.2) is 0 Å². The van der Waals surface area contributed by atoms with E-state index in [1.54, 1.807) is 6.07 Å². The second-order valence-corrected chi connectivity index (χ2v) is 7.34. The Kier molecular flexibility index (Phi) is 5.46. The van der Waals surface area contributed by atoms with Crippen LogP contribution in [0.25, 0.3) is 10.1 Å². The molecule has 142 valence electrons. The van der Waals surface area contributed by atoms with Crippen molar-refractivity contribution >= 4 is 38.8 Å². The van der Waals surface area contributed by atoms with Crippen LogP contribution in [0.4, 0.5) is 11.5 Å². The topological polar surface area (TPSA) is 99.1 Å². The highest BCUT2D eigenvalue weighted by Gasteiger charge is 2.20. The molecule has 0 unspecified atom stereocenters. The van der Waals surface area contributed by atoms with Gasteiger partial charge in [0.1, 0.15) is 11.5 Å². The van der Waals surface area contributed by atoms with E-state index in [0.717, 1.165) is 14.7 Å². The number of nitrogens with one attached hydrogen (secondary N) is 1. The van der Waals surface area contributed by atoms with Gasteiger partial charge < -0.3 is 11.1 Å². The summed E-state index contributed by atoms with van der Waals surface area (Å²) in [5, 5.41) is 3.59. The van der Waals surface area contributed by atoms with Crippen molar-refractivity contribution in [1.82, 2.24) is 9.13 Å². The Labute approximate surface area is 160 Å². The maximum atomic E-state index is 12.8.